The molecule has 0 saturated carbocycles. The van der Waals surface area contributed by atoms with Gasteiger partial charge in [0.2, 0.25) is 5.91 Å². The second-order valence-electron chi connectivity index (χ2n) is 4.28. The number of amides is 1. The standard InChI is InChI=1S/C15H16FNO2S/c1-2-14(20-10-13-4-3-9-19-13)15(18)17-12-7-5-11(16)6-8-12/h3-9,14H,2,10H2,1H3,(H,17,18). The molecule has 0 saturated heterocycles. The lowest BCUT2D eigenvalue weighted by Crippen LogP contribution is -2.24. The molecule has 0 fully saturated rings. The molecule has 20 heavy (non-hydrogen) atoms. The normalized spacial score (nSPS) is 12.1. The Bertz CT molecular complexity index is 540. The molecule has 1 heterocycles. The third kappa shape index (κ3) is 4.13. The molecule has 106 valence electrons. The fourth-order valence-electron chi connectivity index (χ4n) is 1.71. The lowest BCUT2D eigenvalue weighted by atomic mass is 10.2. The van der Waals surface area contributed by atoms with E-state index < -0.39 is 0 Å². The summed E-state index contributed by atoms with van der Waals surface area (Å²) in [5, 5.41) is 2.63. The van der Waals surface area contributed by atoms with Crippen LogP contribution < -0.4 is 5.32 Å². The lowest BCUT2D eigenvalue weighted by Gasteiger charge is -2.14. The van der Waals surface area contributed by atoms with Gasteiger partial charge in [-0.05, 0) is 42.8 Å². The summed E-state index contributed by atoms with van der Waals surface area (Å²) in [6, 6.07) is 9.47. The fourth-order valence-corrected chi connectivity index (χ4v) is 2.69. The lowest BCUT2D eigenvalue weighted by molar-refractivity contribution is -0.115. The number of nitrogens with one attached hydrogen (secondary N) is 1. The second kappa shape index (κ2) is 7.14. The predicted octanol–water partition coefficient (Wildman–Crippen LogP) is 4.07. The molecule has 0 radical (unpaired) electrons. The van der Waals surface area contributed by atoms with Crippen LogP contribution in [0.4, 0.5) is 10.1 Å². The van der Waals surface area contributed by atoms with E-state index in [0.717, 1.165) is 12.2 Å². The first kappa shape index (κ1) is 14.7. The quantitative estimate of drug-likeness (QED) is 0.873. The maximum absolute atomic E-state index is 12.8. The van der Waals surface area contributed by atoms with E-state index >= 15 is 0 Å². The van der Waals surface area contributed by atoms with Gasteiger partial charge in [-0.25, -0.2) is 4.39 Å². The summed E-state index contributed by atoms with van der Waals surface area (Å²) in [5.41, 5.74) is 0.605. The van der Waals surface area contributed by atoms with Gasteiger partial charge < -0.3 is 9.73 Å². The summed E-state index contributed by atoms with van der Waals surface area (Å²) >= 11 is 1.53. The van der Waals surface area contributed by atoms with Gasteiger partial charge >= 0.3 is 0 Å². The monoisotopic (exact) mass is 293 g/mol. The molecular formula is C15H16FNO2S. The summed E-state index contributed by atoms with van der Waals surface area (Å²) in [6.07, 6.45) is 2.34. The molecule has 0 aliphatic rings. The molecule has 1 unspecified atom stereocenters. The minimum absolute atomic E-state index is 0.0735. The maximum atomic E-state index is 12.8. The smallest absolute Gasteiger partial charge is 0.237 e. The molecule has 2 aromatic rings. The SMILES string of the molecule is CCC(SCc1ccco1)C(=O)Nc1ccc(F)cc1. The van der Waals surface area contributed by atoms with Gasteiger partial charge in [-0.15, -0.1) is 11.8 Å². The Balaban J connectivity index is 1.89. The van der Waals surface area contributed by atoms with Gasteiger partial charge in [-0.2, -0.15) is 0 Å². The van der Waals surface area contributed by atoms with Gasteiger partial charge in [-0.1, -0.05) is 6.92 Å². The van der Waals surface area contributed by atoms with Crippen LogP contribution >= 0.6 is 11.8 Å². The Morgan fingerprint density at radius 3 is 2.70 bits per heavy atom. The van der Waals surface area contributed by atoms with Crippen LogP contribution in [0.25, 0.3) is 0 Å². The van der Waals surface area contributed by atoms with E-state index in [9.17, 15) is 9.18 Å². The minimum atomic E-state index is -0.317. The van der Waals surface area contributed by atoms with Crippen molar-refractivity contribution in [3.63, 3.8) is 0 Å². The van der Waals surface area contributed by atoms with Crippen LogP contribution in [0.2, 0.25) is 0 Å². The van der Waals surface area contributed by atoms with Crippen molar-refractivity contribution in [2.45, 2.75) is 24.3 Å². The van der Waals surface area contributed by atoms with Crippen molar-refractivity contribution >= 4 is 23.4 Å². The van der Waals surface area contributed by atoms with Crippen LogP contribution in [0.3, 0.4) is 0 Å². The number of anilines is 1. The highest BCUT2D eigenvalue weighted by atomic mass is 32.2. The summed E-state index contributed by atoms with van der Waals surface area (Å²) < 4.78 is 18.0. The van der Waals surface area contributed by atoms with Crippen molar-refractivity contribution in [2.24, 2.45) is 0 Å². The number of rotatable bonds is 6. The van der Waals surface area contributed by atoms with E-state index in [1.165, 1.54) is 23.9 Å². The fraction of sp³-hybridized carbons (Fsp3) is 0.267. The molecule has 1 aromatic carbocycles. The molecule has 0 aliphatic heterocycles. The summed E-state index contributed by atoms with van der Waals surface area (Å²) in [5.74, 6) is 1.11. The third-order valence-electron chi connectivity index (χ3n) is 2.78. The summed E-state index contributed by atoms with van der Waals surface area (Å²) in [7, 11) is 0. The van der Waals surface area contributed by atoms with Gasteiger partial charge in [0, 0.05) is 5.69 Å². The third-order valence-corrected chi connectivity index (χ3v) is 4.18. The highest BCUT2D eigenvalue weighted by molar-refractivity contribution is 7.99. The number of furan rings is 1. The molecule has 0 aliphatic carbocycles. The molecule has 1 amide bonds. The molecule has 0 spiro atoms. The maximum Gasteiger partial charge on any atom is 0.237 e. The summed E-state index contributed by atoms with van der Waals surface area (Å²) in [6.45, 7) is 1.96. The number of hydrogen-bond donors (Lipinski definition) is 1. The number of benzene rings is 1. The van der Waals surface area contributed by atoms with Crippen LogP contribution in [-0.4, -0.2) is 11.2 Å². The van der Waals surface area contributed by atoms with Crippen molar-refractivity contribution in [1.82, 2.24) is 0 Å². The average Bonchev–Trinajstić information content (AvgIpc) is 2.95. The minimum Gasteiger partial charge on any atom is -0.468 e. The van der Waals surface area contributed by atoms with Crippen LogP contribution in [0.5, 0.6) is 0 Å². The molecule has 1 aromatic heterocycles. The zero-order valence-electron chi connectivity index (χ0n) is 11.1. The second-order valence-corrected chi connectivity index (χ2v) is 5.47. The Morgan fingerprint density at radius 2 is 2.10 bits per heavy atom. The van der Waals surface area contributed by atoms with Gasteiger partial charge in [0.05, 0.1) is 17.3 Å². The van der Waals surface area contributed by atoms with E-state index in [0.29, 0.717) is 11.4 Å². The Labute approximate surface area is 121 Å². The van der Waals surface area contributed by atoms with E-state index in [1.807, 2.05) is 19.1 Å². The number of halogens is 1. The first-order valence-corrected chi connectivity index (χ1v) is 7.44. The number of hydrogen-bond acceptors (Lipinski definition) is 3. The predicted molar refractivity (Wildman–Crippen MR) is 79.1 cm³/mol. The number of carbonyl (C=O) groups is 1. The first-order chi connectivity index (χ1) is 9.69. The van der Waals surface area contributed by atoms with E-state index in [4.69, 9.17) is 4.42 Å². The van der Waals surface area contributed by atoms with Crippen molar-refractivity contribution < 1.29 is 13.6 Å². The summed E-state index contributed by atoms with van der Waals surface area (Å²) in [4.78, 5) is 12.1. The Kier molecular flexibility index (Phi) is 5.24. The average molecular weight is 293 g/mol. The number of thioether (sulfide) groups is 1. The highest BCUT2D eigenvalue weighted by Crippen LogP contribution is 2.22. The molecule has 3 nitrogen and oxygen atoms in total. The van der Waals surface area contributed by atoms with E-state index in [2.05, 4.69) is 5.32 Å². The molecule has 0 bridgehead atoms. The van der Waals surface area contributed by atoms with Crippen LogP contribution in [0.1, 0.15) is 19.1 Å². The molecule has 1 atom stereocenters. The van der Waals surface area contributed by atoms with Crippen LogP contribution in [0, 0.1) is 5.82 Å². The van der Waals surface area contributed by atoms with Gasteiger partial charge in [0.25, 0.3) is 0 Å². The van der Waals surface area contributed by atoms with Crippen LogP contribution in [0.15, 0.2) is 47.1 Å². The van der Waals surface area contributed by atoms with Crippen molar-refractivity contribution in [3.05, 3.63) is 54.2 Å². The zero-order chi connectivity index (χ0) is 14.4. The van der Waals surface area contributed by atoms with Gasteiger partial charge in [0.15, 0.2) is 0 Å². The molecular weight excluding hydrogens is 277 g/mol. The first-order valence-electron chi connectivity index (χ1n) is 6.39. The number of carbonyl (C=O) groups excluding carboxylic acids is 1. The largest absolute Gasteiger partial charge is 0.468 e. The Morgan fingerprint density at radius 1 is 1.35 bits per heavy atom. The Hall–Kier alpha value is -1.75. The van der Waals surface area contributed by atoms with E-state index in [-0.39, 0.29) is 17.0 Å². The molecule has 2 rings (SSSR count). The van der Waals surface area contributed by atoms with E-state index in [1.54, 1.807) is 18.4 Å². The molecule has 1 N–H and O–H groups in total. The van der Waals surface area contributed by atoms with Gasteiger partial charge in [0.1, 0.15) is 11.6 Å². The van der Waals surface area contributed by atoms with Crippen molar-refractivity contribution in [3.8, 4) is 0 Å². The zero-order valence-corrected chi connectivity index (χ0v) is 12.0. The highest BCUT2D eigenvalue weighted by Gasteiger charge is 2.17. The van der Waals surface area contributed by atoms with Gasteiger partial charge in [-0.3, -0.25) is 4.79 Å². The van der Waals surface area contributed by atoms with Crippen LogP contribution in [-0.2, 0) is 10.5 Å². The topological polar surface area (TPSA) is 42.2 Å². The van der Waals surface area contributed by atoms with Crippen molar-refractivity contribution in [2.75, 3.05) is 5.32 Å². The molecule has 5 heteroatoms. The van der Waals surface area contributed by atoms with Crippen molar-refractivity contribution in [1.29, 1.82) is 0 Å².